The molecule has 14 heavy (non-hydrogen) atoms. The van der Waals surface area contributed by atoms with Gasteiger partial charge in [0.15, 0.2) is 11.5 Å². The molecule has 0 aliphatic heterocycles. The molecular weight excluding hydrogens is 202 g/mol. The Kier molecular flexibility index (Phi) is 3.43. The van der Waals surface area contributed by atoms with Crippen molar-refractivity contribution in [2.24, 2.45) is 5.73 Å². The van der Waals surface area contributed by atoms with Crippen molar-refractivity contribution in [3.63, 3.8) is 0 Å². The average Bonchev–Trinajstić information content (AvgIpc) is 2.07. The van der Waals surface area contributed by atoms with Crippen LogP contribution in [0, 0.1) is 0 Å². The predicted octanol–water partition coefficient (Wildman–Crippen LogP) is 1.71. The van der Waals surface area contributed by atoms with E-state index in [-0.39, 0.29) is 29.9 Å². The number of halogens is 1. The molecule has 1 aromatic carbocycles. The third kappa shape index (κ3) is 3.44. The molecule has 0 bridgehead atoms. The number of methoxy groups -OCH3 is 1. The van der Waals surface area contributed by atoms with Gasteiger partial charge in [-0.1, -0.05) is 6.07 Å². The minimum absolute atomic E-state index is 0. The lowest BCUT2D eigenvalue weighted by Crippen LogP contribution is -2.17. The van der Waals surface area contributed by atoms with Crippen molar-refractivity contribution < 1.29 is 14.0 Å². The van der Waals surface area contributed by atoms with Crippen molar-refractivity contribution in [1.29, 1.82) is 0 Å². The van der Waals surface area contributed by atoms with E-state index in [0.29, 0.717) is 6.42 Å². The maximum Gasteiger partial charge on any atom is 0.160 e. The van der Waals surface area contributed by atoms with Crippen LogP contribution in [0.2, 0.25) is 0 Å². The summed E-state index contributed by atoms with van der Waals surface area (Å²) < 4.78 is 25.5. The third-order valence-corrected chi connectivity index (χ3v) is 1.69. The zero-order chi connectivity index (χ0) is 12.3. The number of rotatable bonds is 3. The second kappa shape index (κ2) is 5.73. The van der Waals surface area contributed by atoms with Gasteiger partial charge in [0.25, 0.3) is 0 Å². The van der Waals surface area contributed by atoms with Crippen LogP contribution in [0.4, 0.5) is 0 Å². The molecule has 0 aromatic heterocycles. The first-order chi connectivity index (χ1) is 7.28. The highest BCUT2D eigenvalue weighted by Gasteiger charge is 2.03. The summed E-state index contributed by atoms with van der Waals surface area (Å²) in [6, 6.07) is 4.54. The molecule has 0 heterocycles. The van der Waals surface area contributed by atoms with Crippen molar-refractivity contribution in [3.05, 3.63) is 23.8 Å². The Morgan fingerprint density at radius 1 is 1.64 bits per heavy atom. The van der Waals surface area contributed by atoms with E-state index >= 15 is 0 Å². The van der Waals surface area contributed by atoms with E-state index in [1.807, 2.05) is 6.92 Å². The van der Waals surface area contributed by atoms with E-state index in [4.69, 9.17) is 9.85 Å². The van der Waals surface area contributed by atoms with Gasteiger partial charge < -0.3 is 15.6 Å². The molecule has 0 radical (unpaired) electrons. The van der Waals surface area contributed by atoms with Gasteiger partial charge in [-0.2, -0.15) is 0 Å². The summed E-state index contributed by atoms with van der Waals surface area (Å²) in [5, 5.41) is 9.43. The van der Waals surface area contributed by atoms with Crippen LogP contribution in [0.25, 0.3) is 0 Å². The van der Waals surface area contributed by atoms with Crippen molar-refractivity contribution in [3.8, 4) is 11.5 Å². The highest BCUT2D eigenvalue weighted by molar-refractivity contribution is 5.85. The minimum atomic E-state index is -2.57. The Labute approximate surface area is 94.5 Å². The van der Waals surface area contributed by atoms with E-state index in [1.54, 1.807) is 6.07 Å². The molecule has 0 aliphatic rings. The molecule has 0 aliphatic carbocycles. The number of phenols is 1. The SMILES string of the molecule is Cl.[2H]C([2H])([2H])Oc1cc(CC(C)N)ccc1O. The van der Waals surface area contributed by atoms with Gasteiger partial charge in [-0.25, -0.2) is 0 Å². The molecule has 3 N–H and O–H groups in total. The Bertz CT molecular complexity index is 369. The van der Waals surface area contributed by atoms with E-state index < -0.39 is 7.04 Å². The molecule has 0 spiro atoms. The molecule has 0 amide bonds. The number of benzene rings is 1. The van der Waals surface area contributed by atoms with Gasteiger partial charge in [-0.3, -0.25) is 0 Å². The lowest BCUT2D eigenvalue weighted by atomic mass is 10.1. The van der Waals surface area contributed by atoms with E-state index in [9.17, 15) is 5.11 Å². The fourth-order valence-corrected chi connectivity index (χ4v) is 1.14. The van der Waals surface area contributed by atoms with Crippen LogP contribution in [0.3, 0.4) is 0 Å². The zero-order valence-corrected chi connectivity index (χ0v) is 8.67. The summed E-state index contributed by atoms with van der Waals surface area (Å²) in [6.07, 6.45) is 0.595. The number of ether oxygens (including phenoxy) is 1. The van der Waals surface area contributed by atoms with E-state index in [2.05, 4.69) is 4.74 Å². The molecule has 0 saturated heterocycles. The van der Waals surface area contributed by atoms with Gasteiger partial charge in [-0.15, -0.1) is 12.4 Å². The van der Waals surface area contributed by atoms with Gasteiger partial charge in [-0.05, 0) is 31.0 Å². The van der Waals surface area contributed by atoms with Crippen molar-refractivity contribution >= 4 is 12.4 Å². The molecule has 1 unspecified atom stereocenters. The molecule has 0 saturated carbocycles. The summed E-state index contributed by atoms with van der Waals surface area (Å²) in [4.78, 5) is 0. The normalized spacial score (nSPS) is 15.7. The van der Waals surface area contributed by atoms with Gasteiger partial charge >= 0.3 is 0 Å². The molecule has 1 rings (SSSR count). The monoisotopic (exact) mass is 220 g/mol. The van der Waals surface area contributed by atoms with Crippen molar-refractivity contribution in [1.82, 2.24) is 0 Å². The fraction of sp³-hybridized carbons (Fsp3) is 0.400. The Morgan fingerprint density at radius 2 is 2.36 bits per heavy atom. The van der Waals surface area contributed by atoms with Gasteiger partial charge in [0.05, 0.1) is 11.2 Å². The highest BCUT2D eigenvalue weighted by Crippen LogP contribution is 2.26. The molecule has 4 heteroatoms. The molecule has 1 aromatic rings. The smallest absolute Gasteiger partial charge is 0.160 e. The van der Waals surface area contributed by atoms with Crippen LogP contribution in [-0.4, -0.2) is 18.2 Å². The van der Waals surface area contributed by atoms with Crippen LogP contribution in [0.15, 0.2) is 18.2 Å². The Morgan fingerprint density at radius 3 is 2.93 bits per heavy atom. The number of aromatic hydroxyl groups is 1. The molecular formula is C10H16ClNO2. The minimum Gasteiger partial charge on any atom is -0.504 e. The predicted molar refractivity (Wildman–Crippen MR) is 59.3 cm³/mol. The van der Waals surface area contributed by atoms with Gasteiger partial charge in [0.2, 0.25) is 0 Å². The molecule has 80 valence electrons. The number of phenolic OH excluding ortho intramolecular Hbond substituents is 1. The summed E-state index contributed by atoms with van der Waals surface area (Å²) in [5.74, 6) is -0.234. The maximum absolute atomic E-state index is 9.43. The first-order valence-electron chi connectivity index (χ1n) is 5.54. The van der Waals surface area contributed by atoms with Crippen LogP contribution < -0.4 is 10.5 Å². The second-order valence-corrected chi connectivity index (χ2v) is 3.09. The van der Waals surface area contributed by atoms with Gasteiger partial charge in [0.1, 0.15) is 0 Å². The van der Waals surface area contributed by atoms with Crippen LogP contribution >= 0.6 is 12.4 Å². The molecule has 0 fully saturated rings. The highest BCUT2D eigenvalue weighted by atomic mass is 35.5. The summed E-state index contributed by atoms with van der Waals surface area (Å²) >= 11 is 0. The van der Waals surface area contributed by atoms with Crippen LogP contribution in [-0.2, 0) is 6.42 Å². The lowest BCUT2D eigenvalue weighted by Gasteiger charge is -2.08. The molecule has 1 atom stereocenters. The number of hydrogen-bond acceptors (Lipinski definition) is 3. The fourth-order valence-electron chi connectivity index (χ4n) is 1.14. The summed E-state index contributed by atoms with van der Waals surface area (Å²) in [5.41, 5.74) is 6.45. The Balaban J connectivity index is 0.00000256. The largest absolute Gasteiger partial charge is 0.504 e. The average molecular weight is 221 g/mol. The first-order valence-corrected chi connectivity index (χ1v) is 4.04. The van der Waals surface area contributed by atoms with Crippen LogP contribution in [0.1, 0.15) is 16.6 Å². The lowest BCUT2D eigenvalue weighted by molar-refractivity contribution is 0.373. The quantitative estimate of drug-likeness (QED) is 0.816. The van der Waals surface area contributed by atoms with Crippen molar-refractivity contribution in [2.45, 2.75) is 19.4 Å². The van der Waals surface area contributed by atoms with Crippen LogP contribution in [0.5, 0.6) is 11.5 Å². The second-order valence-electron chi connectivity index (χ2n) is 3.09. The van der Waals surface area contributed by atoms with Crippen molar-refractivity contribution in [2.75, 3.05) is 7.04 Å². The van der Waals surface area contributed by atoms with Gasteiger partial charge in [0, 0.05) is 6.04 Å². The third-order valence-electron chi connectivity index (χ3n) is 1.69. The zero-order valence-electron chi connectivity index (χ0n) is 10.9. The van der Waals surface area contributed by atoms with E-state index in [0.717, 1.165) is 5.56 Å². The maximum atomic E-state index is 9.43. The molecule has 3 nitrogen and oxygen atoms in total. The first kappa shape index (κ1) is 8.38. The standard InChI is InChI=1S/C10H15NO2.ClH/c1-7(11)5-8-3-4-9(12)10(6-8)13-2;/h3-4,6-7,12H,5,11H2,1-2H3;1H/i2D3;. The van der Waals surface area contributed by atoms with E-state index in [1.165, 1.54) is 12.1 Å². The number of hydrogen-bond donors (Lipinski definition) is 2. The summed E-state index contributed by atoms with van der Waals surface area (Å²) in [7, 11) is -2.57. The number of nitrogens with two attached hydrogens (primary N) is 1. The Hall–Kier alpha value is -0.930. The topological polar surface area (TPSA) is 55.5 Å². The summed E-state index contributed by atoms with van der Waals surface area (Å²) in [6.45, 7) is 1.84.